The molecule has 0 atom stereocenters. The molecule has 2 nitrogen and oxygen atoms in total. The molecule has 0 saturated heterocycles. The van der Waals surface area contributed by atoms with E-state index in [1.54, 1.807) is 0 Å². The normalized spacial score (nSPS) is 28.1. The van der Waals surface area contributed by atoms with Gasteiger partial charge < -0.3 is 0 Å². The van der Waals surface area contributed by atoms with Gasteiger partial charge in [-0.05, 0) is 0 Å². The van der Waals surface area contributed by atoms with Gasteiger partial charge in [0.1, 0.15) is 0 Å². The summed E-state index contributed by atoms with van der Waals surface area (Å²) in [4.78, 5) is 20.5. The highest BCUT2D eigenvalue weighted by molar-refractivity contribution is 6.47. The maximum atomic E-state index is 12.2. The second kappa shape index (κ2) is 2.18. The zero-order valence-corrected chi connectivity index (χ0v) is 6.04. The van der Waals surface area contributed by atoms with E-state index in [0.29, 0.717) is 0 Å². The predicted molar refractivity (Wildman–Crippen MR) is 29.5 cm³/mol. The van der Waals surface area contributed by atoms with E-state index in [1.807, 2.05) is 0 Å². The summed E-state index contributed by atoms with van der Waals surface area (Å²) in [6.45, 7) is 0. The monoisotopic (exact) mass is 204 g/mol. The van der Waals surface area contributed by atoms with Crippen LogP contribution >= 0.6 is 11.6 Å². The van der Waals surface area contributed by atoms with Gasteiger partial charge in [0, 0.05) is 0 Å². The zero-order chi connectivity index (χ0) is 9.73. The van der Waals surface area contributed by atoms with Crippen molar-refractivity contribution in [3.8, 4) is 0 Å². The molecule has 1 saturated carbocycles. The van der Waals surface area contributed by atoms with E-state index in [1.165, 1.54) is 0 Å². The molecule has 7 heteroatoms. The number of hydrogen-bond donors (Lipinski definition) is 0. The van der Waals surface area contributed by atoms with Crippen LogP contribution in [0.15, 0.2) is 0 Å². The van der Waals surface area contributed by atoms with E-state index in [0.717, 1.165) is 0 Å². The SMILES string of the molecule is O=C1C(Cl)C(=O)C(F)(F)C1(F)F. The number of halogens is 5. The Morgan fingerprint density at radius 1 is 1.00 bits per heavy atom. The largest absolute Gasteiger partial charge is 0.376 e. The standard InChI is InChI=1S/C5HClF4O2/c6-1-2(11)4(7,8)5(9,10)3(1)12/h1H. The first-order chi connectivity index (χ1) is 5.23. The van der Waals surface area contributed by atoms with Crippen LogP contribution in [0.2, 0.25) is 0 Å². The van der Waals surface area contributed by atoms with Gasteiger partial charge >= 0.3 is 11.8 Å². The van der Waals surface area contributed by atoms with E-state index in [2.05, 4.69) is 0 Å². The van der Waals surface area contributed by atoms with Gasteiger partial charge in [-0.25, -0.2) is 0 Å². The predicted octanol–water partition coefficient (Wildman–Crippen LogP) is 1.02. The van der Waals surface area contributed by atoms with Crippen molar-refractivity contribution in [2.24, 2.45) is 0 Å². The summed E-state index contributed by atoms with van der Waals surface area (Å²) in [5.41, 5.74) is 0. The number of Topliss-reactive ketones (excluding diaryl/α,β-unsaturated/α-hetero) is 2. The summed E-state index contributed by atoms with van der Waals surface area (Å²) in [6, 6.07) is 0. The lowest BCUT2D eigenvalue weighted by molar-refractivity contribution is -0.192. The molecule has 0 aromatic rings. The summed E-state index contributed by atoms with van der Waals surface area (Å²) in [6.07, 6.45) is 0. The second-order valence-corrected chi connectivity index (χ2v) is 2.68. The molecule has 0 bridgehead atoms. The Morgan fingerprint density at radius 2 is 1.25 bits per heavy atom. The minimum atomic E-state index is -4.96. The molecule has 1 aliphatic carbocycles. The fraction of sp³-hybridized carbons (Fsp3) is 0.600. The highest BCUT2D eigenvalue weighted by atomic mass is 35.5. The summed E-state index contributed by atoms with van der Waals surface area (Å²) in [7, 11) is 0. The van der Waals surface area contributed by atoms with Gasteiger partial charge in [-0.1, -0.05) is 0 Å². The van der Waals surface area contributed by atoms with E-state index < -0.39 is 28.8 Å². The molecule has 0 unspecified atom stereocenters. The maximum absolute atomic E-state index is 12.2. The molecule has 0 aromatic heterocycles. The number of rotatable bonds is 0. The molecule has 0 aliphatic heterocycles. The van der Waals surface area contributed by atoms with Gasteiger partial charge in [-0.15, -0.1) is 11.6 Å². The van der Waals surface area contributed by atoms with Crippen molar-refractivity contribution in [3.63, 3.8) is 0 Å². The van der Waals surface area contributed by atoms with Crippen LogP contribution in [0.25, 0.3) is 0 Å². The molecule has 0 heterocycles. The summed E-state index contributed by atoms with van der Waals surface area (Å²) in [5.74, 6) is -14.4. The quantitative estimate of drug-likeness (QED) is 0.335. The first-order valence-electron chi connectivity index (χ1n) is 2.71. The average Bonchev–Trinajstić information content (AvgIpc) is 2.05. The molecule has 0 spiro atoms. The van der Waals surface area contributed by atoms with Crippen LogP contribution in [0.5, 0.6) is 0 Å². The minimum Gasteiger partial charge on any atom is -0.290 e. The Balaban J connectivity index is 3.24. The molecule has 0 N–H and O–H groups in total. The van der Waals surface area contributed by atoms with Crippen LogP contribution in [0, 0.1) is 0 Å². The van der Waals surface area contributed by atoms with Gasteiger partial charge in [0.2, 0.25) is 11.6 Å². The maximum Gasteiger partial charge on any atom is 0.376 e. The van der Waals surface area contributed by atoms with Crippen LogP contribution in [-0.4, -0.2) is 28.8 Å². The summed E-state index contributed by atoms with van der Waals surface area (Å²) < 4.78 is 48.8. The molecule has 0 radical (unpaired) electrons. The minimum absolute atomic E-state index is 2.24. The molecule has 1 rings (SSSR count). The van der Waals surface area contributed by atoms with E-state index >= 15 is 0 Å². The lowest BCUT2D eigenvalue weighted by Crippen LogP contribution is -2.43. The molecule has 0 amide bonds. The van der Waals surface area contributed by atoms with Crippen molar-refractivity contribution in [1.82, 2.24) is 0 Å². The molecule has 12 heavy (non-hydrogen) atoms. The fourth-order valence-electron chi connectivity index (χ4n) is 0.747. The van der Waals surface area contributed by atoms with E-state index in [-0.39, 0.29) is 0 Å². The number of carbonyl (C=O) groups excluding carboxylic acids is 2. The third kappa shape index (κ3) is 0.811. The topological polar surface area (TPSA) is 34.1 Å². The summed E-state index contributed by atoms with van der Waals surface area (Å²) in [5, 5.41) is -2.44. The smallest absolute Gasteiger partial charge is 0.290 e. The van der Waals surface area contributed by atoms with Crippen molar-refractivity contribution in [3.05, 3.63) is 0 Å². The fourth-order valence-corrected chi connectivity index (χ4v) is 1.02. The van der Waals surface area contributed by atoms with Crippen LogP contribution in [0.3, 0.4) is 0 Å². The van der Waals surface area contributed by atoms with Crippen LogP contribution in [0.1, 0.15) is 0 Å². The van der Waals surface area contributed by atoms with Gasteiger partial charge in [0.25, 0.3) is 0 Å². The van der Waals surface area contributed by atoms with Crippen LogP contribution in [0.4, 0.5) is 17.6 Å². The Morgan fingerprint density at radius 3 is 1.33 bits per heavy atom. The Hall–Kier alpha value is -0.650. The van der Waals surface area contributed by atoms with Crippen molar-refractivity contribution in [2.45, 2.75) is 17.2 Å². The van der Waals surface area contributed by atoms with E-state index in [4.69, 9.17) is 11.6 Å². The van der Waals surface area contributed by atoms with Crippen LogP contribution < -0.4 is 0 Å². The lowest BCUT2D eigenvalue weighted by Gasteiger charge is -2.13. The Bertz CT molecular complexity index is 236. The third-order valence-electron chi connectivity index (χ3n) is 1.47. The van der Waals surface area contributed by atoms with Crippen molar-refractivity contribution in [2.75, 3.05) is 0 Å². The third-order valence-corrected chi connectivity index (χ3v) is 1.87. The average molecular weight is 205 g/mol. The van der Waals surface area contributed by atoms with Crippen molar-refractivity contribution < 1.29 is 27.2 Å². The highest BCUT2D eigenvalue weighted by Gasteiger charge is 2.75. The van der Waals surface area contributed by atoms with Gasteiger partial charge in [-0.3, -0.25) is 9.59 Å². The molecule has 1 fully saturated rings. The van der Waals surface area contributed by atoms with Gasteiger partial charge in [0.15, 0.2) is 5.38 Å². The lowest BCUT2D eigenvalue weighted by atomic mass is 10.2. The zero-order valence-electron chi connectivity index (χ0n) is 5.28. The summed E-state index contributed by atoms with van der Waals surface area (Å²) >= 11 is 4.72. The first-order valence-corrected chi connectivity index (χ1v) is 3.15. The number of alkyl halides is 5. The molecule has 1 aliphatic rings. The molecule has 68 valence electrons. The van der Waals surface area contributed by atoms with Crippen LogP contribution in [-0.2, 0) is 9.59 Å². The molecular weight excluding hydrogens is 203 g/mol. The molecular formula is C5HClF4O2. The number of hydrogen-bond acceptors (Lipinski definition) is 2. The Labute approximate surface area is 68.5 Å². The van der Waals surface area contributed by atoms with Gasteiger partial charge in [-0.2, -0.15) is 17.6 Å². The van der Waals surface area contributed by atoms with Gasteiger partial charge in [0.05, 0.1) is 0 Å². The highest BCUT2D eigenvalue weighted by Crippen LogP contribution is 2.44. The van der Waals surface area contributed by atoms with Crippen molar-refractivity contribution >= 4 is 23.2 Å². The molecule has 0 aromatic carbocycles. The number of carbonyl (C=O) groups is 2. The second-order valence-electron chi connectivity index (χ2n) is 2.24. The van der Waals surface area contributed by atoms with E-state index in [9.17, 15) is 27.2 Å². The number of ketones is 2. The Kier molecular flexibility index (Phi) is 1.72. The first kappa shape index (κ1) is 9.44. The van der Waals surface area contributed by atoms with Crippen molar-refractivity contribution in [1.29, 1.82) is 0 Å².